The number of allylic oxidation sites excluding steroid dienone is 1. The number of aliphatic hydroxyl groups is 1. The third-order valence-electron chi connectivity index (χ3n) is 9.50. The molecule has 0 bridgehead atoms. The standard InChI is InChI=1S/C35H45NO4/c37-33(29-14-8-3-9-15-29)17-16-31-32-21-28(20-30(32)22-34(31)38)18-19-40-25-35(39)36(23-26-10-4-1-5-11-26)24-27-12-6-2-7-13-27/h1-2,4-7,10-13,16-17,28-32,34,38H,3,8-9,14-15,18-25H2/t28?,30-,31-,32+,34-/m0/s1. The van der Waals surface area contributed by atoms with E-state index in [1.165, 1.54) is 6.42 Å². The van der Waals surface area contributed by atoms with E-state index in [-0.39, 0.29) is 36.2 Å². The van der Waals surface area contributed by atoms with Crippen molar-refractivity contribution in [2.75, 3.05) is 13.2 Å². The molecular formula is C35H45NO4. The second-order valence-electron chi connectivity index (χ2n) is 12.3. The fourth-order valence-corrected chi connectivity index (χ4v) is 7.35. The molecule has 2 aromatic carbocycles. The van der Waals surface area contributed by atoms with E-state index in [9.17, 15) is 14.7 Å². The molecule has 1 unspecified atom stereocenters. The van der Waals surface area contributed by atoms with Crippen LogP contribution in [0, 0.1) is 29.6 Å². The Morgan fingerprint density at radius 3 is 2.17 bits per heavy atom. The molecule has 0 saturated heterocycles. The van der Waals surface area contributed by atoms with Crippen LogP contribution in [0.25, 0.3) is 0 Å². The third-order valence-corrected chi connectivity index (χ3v) is 9.50. The summed E-state index contributed by atoms with van der Waals surface area (Å²) in [5.74, 6) is 2.06. The van der Waals surface area contributed by atoms with E-state index in [1.807, 2.05) is 71.6 Å². The highest BCUT2D eigenvalue weighted by molar-refractivity contribution is 5.91. The van der Waals surface area contributed by atoms with Crippen LogP contribution in [0.2, 0.25) is 0 Å². The maximum atomic E-state index is 13.2. The first kappa shape index (κ1) is 28.8. The van der Waals surface area contributed by atoms with Gasteiger partial charge < -0.3 is 14.7 Å². The van der Waals surface area contributed by atoms with Gasteiger partial charge in [0.2, 0.25) is 5.91 Å². The van der Waals surface area contributed by atoms with Gasteiger partial charge in [0.15, 0.2) is 5.78 Å². The number of hydrogen-bond acceptors (Lipinski definition) is 4. The smallest absolute Gasteiger partial charge is 0.249 e. The number of hydrogen-bond donors (Lipinski definition) is 1. The molecule has 3 aliphatic carbocycles. The molecule has 3 fully saturated rings. The lowest BCUT2D eigenvalue weighted by atomic mass is 9.84. The van der Waals surface area contributed by atoms with Crippen molar-refractivity contribution in [2.45, 2.75) is 77.0 Å². The first-order chi connectivity index (χ1) is 19.6. The quantitative estimate of drug-likeness (QED) is 0.250. The van der Waals surface area contributed by atoms with E-state index in [2.05, 4.69) is 0 Å². The molecule has 0 heterocycles. The molecule has 214 valence electrons. The number of amides is 1. The number of ether oxygens (including phenoxy) is 1. The van der Waals surface area contributed by atoms with Crippen LogP contribution in [-0.2, 0) is 27.4 Å². The average molecular weight is 544 g/mol. The minimum Gasteiger partial charge on any atom is -0.392 e. The highest BCUT2D eigenvalue weighted by atomic mass is 16.5. The van der Waals surface area contributed by atoms with Gasteiger partial charge in [0.25, 0.3) is 0 Å². The molecule has 5 atom stereocenters. The number of benzene rings is 2. The summed E-state index contributed by atoms with van der Waals surface area (Å²) in [5, 5.41) is 10.7. The van der Waals surface area contributed by atoms with E-state index in [0.717, 1.165) is 62.5 Å². The lowest BCUT2D eigenvalue weighted by molar-refractivity contribution is -0.137. The maximum absolute atomic E-state index is 13.2. The highest BCUT2D eigenvalue weighted by Gasteiger charge is 2.46. The predicted molar refractivity (Wildman–Crippen MR) is 157 cm³/mol. The molecule has 0 aromatic heterocycles. The topological polar surface area (TPSA) is 66.8 Å². The summed E-state index contributed by atoms with van der Waals surface area (Å²) in [6.07, 6.45) is 13.1. The van der Waals surface area contributed by atoms with Gasteiger partial charge in [-0.25, -0.2) is 0 Å². The molecule has 0 spiro atoms. The zero-order chi connectivity index (χ0) is 27.7. The molecule has 40 heavy (non-hydrogen) atoms. The molecule has 5 rings (SSSR count). The van der Waals surface area contributed by atoms with Gasteiger partial charge in [-0.15, -0.1) is 0 Å². The number of nitrogens with zero attached hydrogens (tertiary/aromatic N) is 1. The Kier molecular flexibility index (Phi) is 10.2. The third kappa shape index (κ3) is 7.70. The van der Waals surface area contributed by atoms with Crippen LogP contribution in [0.5, 0.6) is 0 Å². The number of carbonyl (C=O) groups excluding carboxylic acids is 2. The Morgan fingerprint density at radius 1 is 0.875 bits per heavy atom. The Balaban J connectivity index is 1.08. The summed E-state index contributed by atoms with van der Waals surface area (Å²) in [4.78, 5) is 27.7. The molecule has 1 amide bonds. The summed E-state index contributed by atoms with van der Waals surface area (Å²) >= 11 is 0. The molecule has 5 nitrogen and oxygen atoms in total. The Hall–Kier alpha value is -2.76. The number of aliphatic hydroxyl groups excluding tert-OH is 1. The minimum atomic E-state index is -0.333. The highest BCUT2D eigenvalue weighted by Crippen LogP contribution is 2.51. The van der Waals surface area contributed by atoms with Gasteiger partial charge in [-0.2, -0.15) is 0 Å². The second-order valence-corrected chi connectivity index (χ2v) is 12.3. The second kappa shape index (κ2) is 14.2. The number of fused-ring (bicyclic) bond motifs is 1. The van der Waals surface area contributed by atoms with Gasteiger partial charge >= 0.3 is 0 Å². The van der Waals surface area contributed by atoms with Crippen molar-refractivity contribution in [2.24, 2.45) is 29.6 Å². The van der Waals surface area contributed by atoms with Crippen molar-refractivity contribution in [1.29, 1.82) is 0 Å². The number of carbonyl (C=O) groups is 2. The summed E-state index contributed by atoms with van der Waals surface area (Å²) in [5.41, 5.74) is 2.21. The summed E-state index contributed by atoms with van der Waals surface area (Å²) in [7, 11) is 0. The summed E-state index contributed by atoms with van der Waals surface area (Å²) < 4.78 is 5.93. The van der Waals surface area contributed by atoms with Crippen LogP contribution in [0.1, 0.15) is 68.9 Å². The summed E-state index contributed by atoms with van der Waals surface area (Å²) in [6, 6.07) is 20.2. The normalized spacial score (nSPS) is 26.7. The predicted octanol–water partition coefficient (Wildman–Crippen LogP) is 6.35. The first-order valence-corrected chi connectivity index (χ1v) is 15.4. The average Bonchev–Trinajstić information content (AvgIpc) is 3.51. The van der Waals surface area contributed by atoms with Crippen molar-refractivity contribution < 1.29 is 19.4 Å². The van der Waals surface area contributed by atoms with Crippen LogP contribution in [0.4, 0.5) is 0 Å². The molecular weight excluding hydrogens is 498 g/mol. The van der Waals surface area contributed by atoms with Crippen molar-refractivity contribution in [3.63, 3.8) is 0 Å². The molecule has 5 heteroatoms. The Morgan fingerprint density at radius 2 is 1.52 bits per heavy atom. The van der Waals surface area contributed by atoms with Gasteiger partial charge in [0, 0.05) is 31.5 Å². The zero-order valence-corrected chi connectivity index (χ0v) is 23.7. The molecule has 3 aliphatic rings. The van der Waals surface area contributed by atoms with E-state index in [1.54, 1.807) is 6.08 Å². The summed E-state index contributed by atoms with van der Waals surface area (Å²) in [6.45, 7) is 1.78. The SMILES string of the molecule is O=C(C=C[C@H]1[C@@H]2CC(CCOCC(=O)N(Cc3ccccc3)Cc3ccccc3)C[C@H]2C[C@@H]1O)C1CCCCC1. The fraction of sp³-hybridized carbons (Fsp3) is 0.543. The molecule has 2 aromatic rings. The van der Waals surface area contributed by atoms with Gasteiger partial charge in [0.05, 0.1) is 6.10 Å². The van der Waals surface area contributed by atoms with Crippen LogP contribution in [-0.4, -0.2) is 41.0 Å². The number of rotatable bonds is 12. The van der Waals surface area contributed by atoms with Crippen LogP contribution >= 0.6 is 0 Å². The van der Waals surface area contributed by atoms with E-state index in [4.69, 9.17) is 4.74 Å². The lowest BCUT2D eigenvalue weighted by Gasteiger charge is -2.23. The largest absolute Gasteiger partial charge is 0.392 e. The lowest BCUT2D eigenvalue weighted by Crippen LogP contribution is -2.33. The van der Waals surface area contributed by atoms with Crippen molar-refractivity contribution in [3.05, 3.63) is 83.9 Å². The molecule has 0 aliphatic heterocycles. The van der Waals surface area contributed by atoms with E-state index < -0.39 is 0 Å². The Bertz CT molecular complexity index is 1070. The molecule has 0 radical (unpaired) electrons. The van der Waals surface area contributed by atoms with Crippen molar-refractivity contribution >= 4 is 11.7 Å². The van der Waals surface area contributed by atoms with Gasteiger partial charge in [-0.3, -0.25) is 9.59 Å². The molecule has 1 N–H and O–H groups in total. The maximum Gasteiger partial charge on any atom is 0.249 e. The fourth-order valence-electron chi connectivity index (χ4n) is 7.35. The van der Waals surface area contributed by atoms with Crippen molar-refractivity contribution in [3.8, 4) is 0 Å². The Labute approximate surface area is 239 Å². The van der Waals surface area contributed by atoms with E-state index in [0.29, 0.717) is 37.5 Å². The van der Waals surface area contributed by atoms with E-state index >= 15 is 0 Å². The van der Waals surface area contributed by atoms with Crippen molar-refractivity contribution in [1.82, 2.24) is 4.90 Å². The monoisotopic (exact) mass is 543 g/mol. The van der Waals surface area contributed by atoms with Gasteiger partial charge in [0.1, 0.15) is 6.61 Å². The number of ketones is 1. The van der Waals surface area contributed by atoms with Crippen LogP contribution in [0.3, 0.4) is 0 Å². The minimum absolute atomic E-state index is 0.00644. The first-order valence-electron chi connectivity index (χ1n) is 15.4. The molecule has 3 saturated carbocycles. The van der Waals surface area contributed by atoms with Gasteiger partial charge in [-0.1, -0.05) is 86.0 Å². The zero-order valence-electron chi connectivity index (χ0n) is 23.7. The van der Waals surface area contributed by atoms with Crippen LogP contribution < -0.4 is 0 Å². The van der Waals surface area contributed by atoms with Crippen LogP contribution in [0.15, 0.2) is 72.8 Å². The van der Waals surface area contributed by atoms with Gasteiger partial charge in [-0.05, 0) is 73.5 Å².